The number of nitrogens with one attached hydrogen (secondary N) is 1. The van der Waals surface area contributed by atoms with Crippen LogP contribution in [0.5, 0.6) is 5.75 Å². The predicted octanol–water partition coefficient (Wildman–Crippen LogP) is 3.13. The molecule has 5 heteroatoms. The predicted molar refractivity (Wildman–Crippen MR) is 111 cm³/mol. The average Bonchev–Trinajstić information content (AvgIpc) is 2.74. The van der Waals surface area contributed by atoms with Crippen LogP contribution in [0.1, 0.15) is 29.7 Å². The van der Waals surface area contributed by atoms with E-state index in [0.29, 0.717) is 6.54 Å². The molecule has 1 N–H and O–H groups in total. The lowest BCUT2D eigenvalue weighted by Crippen LogP contribution is -2.44. The Balaban J connectivity index is 1.59. The number of para-hydroxylation sites is 1. The summed E-state index contributed by atoms with van der Waals surface area (Å²) < 4.78 is 11.2. The number of hydrogen-bond acceptors (Lipinski definition) is 4. The van der Waals surface area contributed by atoms with Crippen molar-refractivity contribution in [3.05, 3.63) is 65.2 Å². The van der Waals surface area contributed by atoms with E-state index >= 15 is 0 Å². The highest BCUT2D eigenvalue weighted by Gasteiger charge is 2.23. The quantitative estimate of drug-likeness (QED) is 0.762. The summed E-state index contributed by atoms with van der Waals surface area (Å²) in [5.74, 6) is 0.680. The van der Waals surface area contributed by atoms with Crippen LogP contribution in [0, 0.1) is 6.92 Å². The molecule has 2 aromatic carbocycles. The molecule has 0 saturated carbocycles. The van der Waals surface area contributed by atoms with Gasteiger partial charge in [0, 0.05) is 19.6 Å². The summed E-state index contributed by atoms with van der Waals surface area (Å²) in [5.41, 5.74) is 3.56. The molecule has 1 atom stereocenters. The number of ether oxygens (including phenoxy) is 2. The van der Waals surface area contributed by atoms with Crippen molar-refractivity contribution < 1.29 is 14.3 Å². The summed E-state index contributed by atoms with van der Waals surface area (Å²) in [6, 6.07) is 16.5. The van der Waals surface area contributed by atoms with Gasteiger partial charge in [-0.2, -0.15) is 0 Å². The zero-order valence-corrected chi connectivity index (χ0v) is 16.8. The van der Waals surface area contributed by atoms with Crippen LogP contribution in [-0.4, -0.2) is 50.3 Å². The summed E-state index contributed by atoms with van der Waals surface area (Å²) in [6.07, 6.45) is 0.879. The van der Waals surface area contributed by atoms with Gasteiger partial charge in [0.25, 0.3) is 5.91 Å². The second-order valence-electron chi connectivity index (χ2n) is 7.13. The van der Waals surface area contributed by atoms with E-state index in [0.717, 1.165) is 44.0 Å². The Morgan fingerprint density at radius 1 is 1.14 bits per heavy atom. The van der Waals surface area contributed by atoms with Crippen LogP contribution in [0.3, 0.4) is 0 Å². The zero-order chi connectivity index (χ0) is 19.8. The minimum absolute atomic E-state index is 0.0285. The summed E-state index contributed by atoms with van der Waals surface area (Å²) in [6.45, 7) is 7.95. The van der Waals surface area contributed by atoms with Gasteiger partial charge in [0.1, 0.15) is 5.75 Å². The molecule has 150 valence electrons. The Morgan fingerprint density at radius 2 is 1.86 bits per heavy atom. The van der Waals surface area contributed by atoms with Gasteiger partial charge in [0.05, 0.1) is 19.3 Å². The Kier molecular flexibility index (Phi) is 7.46. The average molecular weight is 383 g/mol. The Labute approximate surface area is 167 Å². The van der Waals surface area contributed by atoms with Gasteiger partial charge in [-0.1, -0.05) is 55.0 Å². The minimum atomic E-state index is -0.101. The zero-order valence-electron chi connectivity index (χ0n) is 16.8. The van der Waals surface area contributed by atoms with Crippen LogP contribution in [0.15, 0.2) is 48.5 Å². The summed E-state index contributed by atoms with van der Waals surface area (Å²) in [7, 11) is 0. The largest absolute Gasteiger partial charge is 0.483 e. The molecular formula is C23H30N2O3. The number of morpholine rings is 1. The highest BCUT2D eigenvalue weighted by molar-refractivity contribution is 5.77. The van der Waals surface area contributed by atoms with Crippen LogP contribution in [0.4, 0.5) is 0 Å². The van der Waals surface area contributed by atoms with Gasteiger partial charge in [-0.15, -0.1) is 0 Å². The van der Waals surface area contributed by atoms with Crippen LogP contribution >= 0.6 is 0 Å². The Hall–Kier alpha value is -2.37. The maximum atomic E-state index is 12.4. The molecule has 1 saturated heterocycles. The maximum absolute atomic E-state index is 12.4. The van der Waals surface area contributed by atoms with Crippen molar-refractivity contribution in [1.29, 1.82) is 0 Å². The van der Waals surface area contributed by atoms with Crippen molar-refractivity contribution in [2.45, 2.75) is 26.3 Å². The van der Waals surface area contributed by atoms with Gasteiger partial charge in [0.15, 0.2) is 6.61 Å². The summed E-state index contributed by atoms with van der Waals surface area (Å²) in [4.78, 5) is 14.8. The van der Waals surface area contributed by atoms with Crippen LogP contribution < -0.4 is 10.1 Å². The van der Waals surface area contributed by atoms with Crippen molar-refractivity contribution in [2.24, 2.45) is 0 Å². The molecule has 1 unspecified atom stereocenters. The molecule has 1 amide bonds. The lowest BCUT2D eigenvalue weighted by molar-refractivity contribution is -0.123. The number of rotatable bonds is 8. The van der Waals surface area contributed by atoms with E-state index in [1.165, 1.54) is 11.1 Å². The van der Waals surface area contributed by atoms with E-state index in [-0.39, 0.29) is 18.6 Å². The lowest BCUT2D eigenvalue weighted by Gasteiger charge is -2.35. The fourth-order valence-corrected chi connectivity index (χ4v) is 3.48. The molecule has 1 aliphatic heterocycles. The molecule has 1 aliphatic rings. The van der Waals surface area contributed by atoms with Crippen LogP contribution in [0.2, 0.25) is 0 Å². The number of nitrogens with zero attached hydrogens (tertiary/aromatic N) is 1. The molecule has 0 bridgehead atoms. The number of aryl methyl sites for hydroxylation is 2. The first-order valence-corrected chi connectivity index (χ1v) is 10.0. The first-order chi connectivity index (χ1) is 13.7. The Bertz CT molecular complexity index is 755. The monoisotopic (exact) mass is 382 g/mol. The molecule has 1 heterocycles. The third kappa shape index (κ3) is 5.57. The van der Waals surface area contributed by atoms with Gasteiger partial charge in [-0.25, -0.2) is 0 Å². The van der Waals surface area contributed by atoms with Crippen LogP contribution in [0.25, 0.3) is 0 Å². The van der Waals surface area contributed by atoms with Crippen molar-refractivity contribution >= 4 is 5.91 Å². The van der Waals surface area contributed by atoms with E-state index in [9.17, 15) is 4.79 Å². The normalized spacial score (nSPS) is 15.8. The highest BCUT2D eigenvalue weighted by atomic mass is 16.5. The SMILES string of the molecule is CCc1ccccc1OCC(=O)NCC(c1ccc(C)cc1)N1CCOCC1. The molecule has 5 nitrogen and oxygen atoms in total. The van der Waals surface area contributed by atoms with Crippen molar-refractivity contribution in [1.82, 2.24) is 10.2 Å². The molecule has 0 aromatic heterocycles. The lowest BCUT2D eigenvalue weighted by atomic mass is 10.0. The fraction of sp³-hybridized carbons (Fsp3) is 0.435. The van der Waals surface area contributed by atoms with E-state index in [1.54, 1.807) is 0 Å². The van der Waals surface area contributed by atoms with Gasteiger partial charge in [0.2, 0.25) is 0 Å². The van der Waals surface area contributed by atoms with Crippen molar-refractivity contribution in [3.63, 3.8) is 0 Å². The van der Waals surface area contributed by atoms with E-state index in [1.807, 2.05) is 24.3 Å². The summed E-state index contributed by atoms with van der Waals surface area (Å²) in [5, 5.41) is 3.05. The van der Waals surface area contributed by atoms with Gasteiger partial charge < -0.3 is 14.8 Å². The smallest absolute Gasteiger partial charge is 0.258 e. The van der Waals surface area contributed by atoms with E-state index in [4.69, 9.17) is 9.47 Å². The Morgan fingerprint density at radius 3 is 2.57 bits per heavy atom. The molecule has 1 fully saturated rings. The number of carbonyl (C=O) groups is 1. The molecule has 3 rings (SSSR count). The third-order valence-electron chi connectivity index (χ3n) is 5.15. The first-order valence-electron chi connectivity index (χ1n) is 10.0. The molecule has 0 spiro atoms. The van der Waals surface area contributed by atoms with Gasteiger partial charge in [-0.3, -0.25) is 9.69 Å². The standard InChI is InChI=1S/C23H30N2O3/c1-3-19-6-4-5-7-22(19)28-17-23(26)24-16-21(25-12-14-27-15-13-25)20-10-8-18(2)9-11-20/h4-11,21H,3,12-17H2,1-2H3,(H,24,26). The molecule has 0 aliphatic carbocycles. The van der Waals surface area contributed by atoms with Gasteiger partial charge in [-0.05, 0) is 30.5 Å². The second-order valence-corrected chi connectivity index (χ2v) is 7.13. The van der Waals surface area contributed by atoms with E-state index < -0.39 is 0 Å². The fourth-order valence-electron chi connectivity index (χ4n) is 3.48. The van der Waals surface area contributed by atoms with E-state index in [2.05, 4.69) is 48.3 Å². The molecular weight excluding hydrogens is 352 g/mol. The van der Waals surface area contributed by atoms with Gasteiger partial charge >= 0.3 is 0 Å². The number of carbonyl (C=O) groups excluding carboxylic acids is 1. The van der Waals surface area contributed by atoms with Crippen molar-refractivity contribution in [3.8, 4) is 5.75 Å². The number of amides is 1. The minimum Gasteiger partial charge on any atom is -0.483 e. The molecule has 28 heavy (non-hydrogen) atoms. The van der Waals surface area contributed by atoms with Crippen molar-refractivity contribution in [2.75, 3.05) is 39.5 Å². The first kappa shape index (κ1) is 20.4. The third-order valence-corrected chi connectivity index (χ3v) is 5.15. The maximum Gasteiger partial charge on any atom is 0.258 e. The summed E-state index contributed by atoms with van der Waals surface area (Å²) >= 11 is 0. The second kappa shape index (κ2) is 10.2. The van der Waals surface area contributed by atoms with Crippen LogP contribution in [-0.2, 0) is 16.0 Å². The molecule has 2 aromatic rings. The molecule has 0 radical (unpaired) electrons. The number of benzene rings is 2. The number of hydrogen-bond donors (Lipinski definition) is 1. The highest BCUT2D eigenvalue weighted by Crippen LogP contribution is 2.22. The topological polar surface area (TPSA) is 50.8 Å².